The number of benzene rings is 1. The van der Waals surface area contributed by atoms with Crippen LogP contribution in [0.3, 0.4) is 0 Å². The first kappa shape index (κ1) is 17.3. The van der Waals surface area contributed by atoms with Gasteiger partial charge in [0.25, 0.3) is 0 Å². The summed E-state index contributed by atoms with van der Waals surface area (Å²) in [7, 11) is 0. The molecule has 2 aromatic rings. The van der Waals surface area contributed by atoms with Crippen LogP contribution >= 0.6 is 11.6 Å². The van der Waals surface area contributed by atoms with Crippen molar-refractivity contribution in [3.05, 3.63) is 41.7 Å². The van der Waals surface area contributed by atoms with Crippen LogP contribution in [0.1, 0.15) is 20.3 Å². The molecule has 0 radical (unpaired) electrons. The molecule has 1 atom stereocenters. The molecule has 23 heavy (non-hydrogen) atoms. The predicted molar refractivity (Wildman–Crippen MR) is 91.1 cm³/mol. The number of aliphatic hydroxyl groups is 1. The van der Waals surface area contributed by atoms with Crippen molar-refractivity contribution in [3.8, 4) is 5.69 Å². The summed E-state index contributed by atoms with van der Waals surface area (Å²) in [5.41, 5.74) is 1.17. The molecule has 0 aliphatic heterocycles. The first-order chi connectivity index (χ1) is 11.0. The van der Waals surface area contributed by atoms with E-state index < -0.39 is 0 Å². The third-order valence-electron chi connectivity index (χ3n) is 3.53. The maximum Gasteiger partial charge on any atom is 0.319 e. The Morgan fingerprint density at radius 1 is 1.39 bits per heavy atom. The molecule has 0 fully saturated rings. The Morgan fingerprint density at radius 3 is 2.78 bits per heavy atom. The SMILES string of the molecule is CC(C)C(CCO)NC(=O)Nc1cccc(Cl)c1-n1cccn1. The highest BCUT2D eigenvalue weighted by Gasteiger charge is 2.17. The number of nitrogens with one attached hydrogen (secondary N) is 2. The number of carbonyl (C=O) groups excluding carboxylic acids is 1. The van der Waals surface area contributed by atoms with E-state index >= 15 is 0 Å². The molecule has 1 unspecified atom stereocenters. The molecule has 0 saturated carbocycles. The lowest BCUT2D eigenvalue weighted by atomic mass is 10.0. The summed E-state index contributed by atoms with van der Waals surface area (Å²) in [5, 5.41) is 19.4. The van der Waals surface area contributed by atoms with Gasteiger partial charge in [-0.15, -0.1) is 0 Å². The molecule has 1 heterocycles. The standard InChI is InChI=1S/C16H21ClN4O2/c1-11(2)13(7-10-22)19-16(23)20-14-6-3-5-12(17)15(14)21-9-4-8-18-21/h3-6,8-9,11,13,22H,7,10H2,1-2H3,(H2,19,20,23). The number of nitrogens with zero attached hydrogens (tertiary/aromatic N) is 2. The van der Waals surface area contributed by atoms with Gasteiger partial charge in [-0.05, 0) is 30.5 Å². The fraction of sp³-hybridized carbons (Fsp3) is 0.375. The van der Waals surface area contributed by atoms with E-state index in [1.165, 1.54) is 0 Å². The molecule has 124 valence electrons. The molecule has 3 N–H and O–H groups in total. The summed E-state index contributed by atoms with van der Waals surface area (Å²) in [5.74, 6) is 0.220. The van der Waals surface area contributed by atoms with E-state index in [4.69, 9.17) is 16.7 Å². The number of amides is 2. The molecule has 7 heteroatoms. The number of rotatable bonds is 6. The lowest BCUT2D eigenvalue weighted by molar-refractivity contribution is 0.227. The van der Waals surface area contributed by atoms with Crippen LogP contribution in [0.15, 0.2) is 36.7 Å². The first-order valence-electron chi connectivity index (χ1n) is 7.49. The van der Waals surface area contributed by atoms with Gasteiger partial charge in [0, 0.05) is 25.0 Å². The fourth-order valence-electron chi connectivity index (χ4n) is 2.29. The summed E-state index contributed by atoms with van der Waals surface area (Å²) in [6.07, 6.45) is 3.91. The molecule has 2 rings (SSSR count). The van der Waals surface area contributed by atoms with Crippen LogP contribution < -0.4 is 10.6 Å². The van der Waals surface area contributed by atoms with Crippen molar-refractivity contribution in [3.63, 3.8) is 0 Å². The number of hydrogen-bond donors (Lipinski definition) is 3. The molecule has 0 bridgehead atoms. The number of carbonyl (C=O) groups is 1. The third-order valence-corrected chi connectivity index (χ3v) is 3.83. The second-order valence-corrected chi connectivity index (χ2v) is 5.96. The molecular weight excluding hydrogens is 316 g/mol. The van der Waals surface area contributed by atoms with Gasteiger partial charge in [-0.1, -0.05) is 31.5 Å². The lowest BCUT2D eigenvalue weighted by Crippen LogP contribution is -2.41. The lowest BCUT2D eigenvalue weighted by Gasteiger charge is -2.22. The van der Waals surface area contributed by atoms with Gasteiger partial charge in [0.05, 0.1) is 10.7 Å². The van der Waals surface area contributed by atoms with Gasteiger partial charge in [0.1, 0.15) is 5.69 Å². The quantitative estimate of drug-likeness (QED) is 0.758. The normalized spacial score (nSPS) is 12.2. The minimum Gasteiger partial charge on any atom is -0.396 e. The largest absolute Gasteiger partial charge is 0.396 e. The summed E-state index contributed by atoms with van der Waals surface area (Å²) in [4.78, 5) is 12.3. The summed E-state index contributed by atoms with van der Waals surface area (Å²) in [6, 6.07) is 6.60. The first-order valence-corrected chi connectivity index (χ1v) is 7.87. The zero-order chi connectivity index (χ0) is 16.8. The summed E-state index contributed by atoms with van der Waals surface area (Å²) >= 11 is 6.24. The van der Waals surface area contributed by atoms with Crippen molar-refractivity contribution in [2.24, 2.45) is 5.92 Å². The molecule has 6 nitrogen and oxygen atoms in total. The van der Waals surface area contributed by atoms with Crippen molar-refractivity contribution in [1.82, 2.24) is 15.1 Å². The molecule has 0 aliphatic rings. The van der Waals surface area contributed by atoms with Gasteiger partial charge in [-0.25, -0.2) is 9.48 Å². The number of aromatic nitrogens is 2. The number of anilines is 1. The number of aliphatic hydroxyl groups excluding tert-OH is 1. The Kier molecular flexibility index (Phi) is 6.01. The van der Waals surface area contributed by atoms with Crippen molar-refractivity contribution in [2.45, 2.75) is 26.3 Å². The van der Waals surface area contributed by atoms with E-state index in [2.05, 4.69) is 15.7 Å². The van der Waals surface area contributed by atoms with E-state index in [-0.39, 0.29) is 24.6 Å². The predicted octanol–water partition coefficient (Wildman–Crippen LogP) is 3.05. The number of para-hydroxylation sites is 1. The maximum absolute atomic E-state index is 12.3. The minimum atomic E-state index is -0.340. The van der Waals surface area contributed by atoms with E-state index in [0.717, 1.165) is 0 Å². The van der Waals surface area contributed by atoms with Crippen LogP contribution in [-0.2, 0) is 0 Å². The van der Waals surface area contributed by atoms with Crippen LogP contribution in [0, 0.1) is 5.92 Å². The highest BCUT2D eigenvalue weighted by Crippen LogP contribution is 2.27. The Hall–Kier alpha value is -2.05. The second-order valence-electron chi connectivity index (χ2n) is 5.55. The molecule has 1 aromatic carbocycles. The molecular formula is C16H21ClN4O2. The van der Waals surface area contributed by atoms with Crippen molar-refractivity contribution in [2.75, 3.05) is 11.9 Å². The van der Waals surface area contributed by atoms with Gasteiger partial charge in [0.2, 0.25) is 0 Å². The second kappa shape index (κ2) is 7.99. The Morgan fingerprint density at radius 2 is 2.17 bits per heavy atom. The average molecular weight is 337 g/mol. The molecule has 2 amide bonds. The van der Waals surface area contributed by atoms with Crippen LogP contribution in [0.5, 0.6) is 0 Å². The zero-order valence-corrected chi connectivity index (χ0v) is 13.9. The molecule has 0 saturated heterocycles. The number of halogens is 1. The maximum atomic E-state index is 12.3. The van der Waals surface area contributed by atoms with E-state index in [1.807, 2.05) is 13.8 Å². The van der Waals surface area contributed by atoms with E-state index in [1.54, 1.807) is 41.3 Å². The van der Waals surface area contributed by atoms with Gasteiger partial charge >= 0.3 is 6.03 Å². The summed E-state index contributed by atoms with van der Waals surface area (Å²) < 4.78 is 1.60. The van der Waals surface area contributed by atoms with Gasteiger partial charge in [-0.2, -0.15) is 5.10 Å². The van der Waals surface area contributed by atoms with Crippen LogP contribution in [-0.4, -0.2) is 33.6 Å². The Bertz CT molecular complexity index is 644. The Labute approximate surface area is 140 Å². The van der Waals surface area contributed by atoms with Crippen LogP contribution in [0.25, 0.3) is 5.69 Å². The van der Waals surface area contributed by atoms with Gasteiger partial charge < -0.3 is 15.7 Å². The topological polar surface area (TPSA) is 79.2 Å². The number of hydrogen-bond acceptors (Lipinski definition) is 3. The van der Waals surface area contributed by atoms with Gasteiger partial charge in [0.15, 0.2) is 0 Å². The monoisotopic (exact) mass is 336 g/mol. The van der Waals surface area contributed by atoms with Gasteiger partial charge in [-0.3, -0.25) is 0 Å². The molecule has 0 aliphatic carbocycles. The Balaban J connectivity index is 2.17. The van der Waals surface area contributed by atoms with Crippen molar-refractivity contribution < 1.29 is 9.90 Å². The van der Waals surface area contributed by atoms with Crippen LogP contribution in [0.2, 0.25) is 5.02 Å². The smallest absolute Gasteiger partial charge is 0.319 e. The summed E-state index contributed by atoms with van der Waals surface area (Å²) in [6.45, 7) is 4.02. The van der Waals surface area contributed by atoms with E-state index in [9.17, 15) is 4.79 Å². The van der Waals surface area contributed by atoms with Crippen molar-refractivity contribution >= 4 is 23.3 Å². The van der Waals surface area contributed by atoms with E-state index in [0.29, 0.717) is 22.8 Å². The molecule has 1 aromatic heterocycles. The highest BCUT2D eigenvalue weighted by atomic mass is 35.5. The average Bonchev–Trinajstić information content (AvgIpc) is 3.00. The zero-order valence-electron chi connectivity index (χ0n) is 13.2. The minimum absolute atomic E-state index is 0.0266. The number of urea groups is 1. The van der Waals surface area contributed by atoms with Crippen LogP contribution in [0.4, 0.5) is 10.5 Å². The fourth-order valence-corrected chi connectivity index (χ4v) is 2.55. The molecule has 0 spiro atoms. The van der Waals surface area contributed by atoms with Crippen molar-refractivity contribution in [1.29, 1.82) is 0 Å². The highest BCUT2D eigenvalue weighted by molar-refractivity contribution is 6.33. The third kappa shape index (κ3) is 4.46.